The number of nitrogens with one attached hydrogen (secondary N) is 2. The molecule has 0 atom stereocenters. The van der Waals surface area contributed by atoms with Crippen LogP contribution in [0.4, 0.5) is 0 Å². The predicted molar refractivity (Wildman–Crippen MR) is 137 cm³/mol. The second-order valence-electron chi connectivity index (χ2n) is 7.52. The Labute approximate surface area is 216 Å². The number of rotatable bonds is 10. The average Bonchev–Trinajstić information content (AvgIpc) is 3.63. The van der Waals surface area contributed by atoms with Gasteiger partial charge in [0.1, 0.15) is 11.4 Å². The summed E-state index contributed by atoms with van der Waals surface area (Å²) >= 11 is 1.43. The van der Waals surface area contributed by atoms with Crippen LogP contribution >= 0.6 is 11.3 Å². The zero-order chi connectivity index (χ0) is 26.2. The first-order valence-corrected chi connectivity index (χ1v) is 11.9. The Morgan fingerprint density at radius 2 is 1.78 bits per heavy atom. The molecule has 0 fully saturated rings. The van der Waals surface area contributed by atoms with Gasteiger partial charge in [0, 0.05) is 16.0 Å². The van der Waals surface area contributed by atoms with Crippen molar-refractivity contribution in [1.29, 1.82) is 0 Å². The molecule has 0 aliphatic carbocycles. The second kappa shape index (κ2) is 11.9. The fourth-order valence-corrected chi connectivity index (χ4v) is 3.94. The Morgan fingerprint density at radius 1 is 1.00 bits per heavy atom. The van der Waals surface area contributed by atoms with E-state index in [9.17, 15) is 9.59 Å². The zero-order valence-corrected chi connectivity index (χ0v) is 21.1. The SMILES string of the molecule is COc1ccc(-c2noc(CNC(=O)/C(=C/c3cccs3)NC(=O)c3ccc(OC)c(OC)c3)n2)cc1. The molecule has 2 aromatic carbocycles. The number of methoxy groups -OCH3 is 3. The minimum Gasteiger partial charge on any atom is -0.497 e. The van der Waals surface area contributed by atoms with Crippen molar-refractivity contribution in [3.8, 4) is 28.6 Å². The molecule has 0 unspecified atom stereocenters. The molecular weight excluding hydrogens is 496 g/mol. The van der Waals surface area contributed by atoms with Crippen LogP contribution in [0, 0.1) is 0 Å². The first kappa shape index (κ1) is 25.5. The van der Waals surface area contributed by atoms with Crippen LogP contribution in [0.5, 0.6) is 17.2 Å². The van der Waals surface area contributed by atoms with E-state index in [0.29, 0.717) is 28.6 Å². The highest BCUT2D eigenvalue weighted by molar-refractivity contribution is 7.10. The van der Waals surface area contributed by atoms with Gasteiger partial charge >= 0.3 is 0 Å². The first-order valence-electron chi connectivity index (χ1n) is 11.0. The fraction of sp³-hybridized carbons (Fsp3) is 0.154. The Kier molecular flexibility index (Phi) is 8.16. The second-order valence-corrected chi connectivity index (χ2v) is 8.50. The summed E-state index contributed by atoms with van der Waals surface area (Å²) in [5.74, 6) is 1.17. The highest BCUT2D eigenvalue weighted by Gasteiger charge is 2.18. The van der Waals surface area contributed by atoms with Crippen LogP contribution in [0.2, 0.25) is 0 Å². The minimum absolute atomic E-state index is 0.0317. The van der Waals surface area contributed by atoms with Crippen molar-refractivity contribution in [2.45, 2.75) is 6.54 Å². The maximum Gasteiger partial charge on any atom is 0.268 e. The molecule has 2 amide bonds. The van der Waals surface area contributed by atoms with Crippen LogP contribution in [-0.2, 0) is 11.3 Å². The van der Waals surface area contributed by atoms with Crippen molar-refractivity contribution in [3.05, 3.63) is 82.0 Å². The van der Waals surface area contributed by atoms with Gasteiger partial charge in [-0.15, -0.1) is 11.3 Å². The van der Waals surface area contributed by atoms with Crippen molar-refractivity contribution < 1.29 is 28.3 Å². The molecule has 0 saturated carbocycles. The molecule has 2 aromatic heterocycles. The lowest BCUT2D eigenvalue weighted by Crippen LogP contribution is -2.34. The standard InChI is InChI=1S/C26H24N4O6S/c1-33-18-9-6-16(7-10-18)24-29-23(36-30-24)15-27-26(32)20(14-19-5-4-12-37-19)28-25(31)17-8-11-21(34-2)22(13-17)35-3/h4-14H,15H2,1-3H3,(H,27,32)(H,28,31)/b20-14-. The molecule has 4 aromatic rings. The van der Waals surface area contributed by atoms with Gasteiger partial charge < -0.3 is 29.4 Å². The number of amides is 2. The molecule has 2 N–H and O–H groups in total. The summed E-state index contributed by atoms with van der Waals surface area (Å²) in [6, 6.07) is 15.6. The van der Waals surface area contributed by atoms with Gasteiger partial charge in [-0.25, -0.2) is 0 Å². The average molecular weight is 521 g/mol. The van der Waals surface area contributed by atoms with E-state index >= 15 is 0 Å². The summed E-state index contributed by atoms with van der Waals surface area (Å²) in [6.45, 7) is -0.0317. The summed E-state index contributed by atoms with van der Waals surface area (Å²) in [4.78, 5) is 31.1. The molecule has 4 rings (SSSR count). The van der Waals surface area contributed by atoms with Gasteiger partial charge in [0.05, 0.1) is 27.9 Å². The lowest BCUT2D eigenvalue weighted by atomic mass is 10.1. The predicted octanol–water partition coefficient (Wildman–Crippen LogP) is 3.91. The van der Waals surface area contributed by atoms with Crippen LogP contribution in [0.15, 0.2) is 70.2 Å². The van der Waals surface area contributed by atoms with Gasteiger partial charge in [-0.3, -0.25) is 9.59 Å². The monoisotopic (exact) mass is 520 g/mol. The Hall–Kier alpha value is -4.64. The summed E-state index contributed by atoms with van der Waals surface area (Å²) in [5, 5.41) is 11.2. The number of hydrogen-bond donors (Lipinski definition) is 2. The third-order valence-electron chi connectivity index (χ3n) is 5.18. The van der Waals surface area contributed by atoms with Crippen molar-refractivity contribution in [2.75, 3.05) is 21.3 Å². The number of aromatic nitrogens is 2. The van der Waals surface area contributed by atoms with Gasteiger partial charge in [0.15, 0.2) is 11.5 Å². The molecule has 190 valence electrons. The quantitative estimate of drug-likeness (QED) is 0.302. The third kappa shape index (κ3) is 6.33. The van der Waals surface area contributed by atoms with Gasteiger partial charge in [-0.1, -0.05) is 11.2 Å². The highest BCUT2D eigenvalue weighted by Crippen LogP contribution is 2.27. The largest absolute Gasteiger partial charge is 0.497 e. The summed E-state index contributed by atoms with van der Waals surface area (Å²) in [5.41, 5.74) is 1.09. The molecule has 10 nitrogen and oxygen atoms in total. The topological polar surface area (TPSA) is 125 Å². The van der Waals surface area contributed by atoms with Crippen molar-refractivity contribution in [1.82, 2.24) is 20.8 Å². The number of nitrogens with zero attached hydrogens (tertiary/aromatic N) is 2. The van der Waals surface area contributed by atoms with E-state index < -0.39 is 11.8 Å². The highest BCUT2D eigenvalue weighted by atomic mass is 32.1. The molecule has 2 heterocycles. The number of ether oxygens (including phenoxy) is 3. The maximum absolute atomic E-state index is 13.0. The Balaban J connectivity index is 1.47. The van der Waals surface area contributed by atoms with Gasteiger partial charge in [-0.05, 0) is 60.0 Å². The van der Waals surface area contributed by atoms with Crippen molar-refractivity contribution >= 4 is 29.2 Å². The molecule has 0 aliphatic rings. The van der Waals surface area contributed by atoms with Crippen LogP contribution in [0.3, 0.4) is 0 Å². The fourth-order valence-electron chi connectivity index (χ4n) is 3.28. The van der Waals surface area contributed by atoms with Crippen LogP contribution in [-0.4, -0.2) is 43.3 Å². The first-order chi connectivity index (χ1) is 18.0. The van der Waals surface area contributed by atoms with Crippen molar-refractivity contribution in [3.63, 3.8) is 0 Å². The molecular formula is C26H24N4O6S. The number of benzene rings is 2. The van der Waals surface area contributed by atoms with E-state index in [0.717, 1.165) is 10.4 Å². The lowest BCUT2D eigenvalue weighted by Gasteiger charge is -2.12. The van der Waals surface area contributed by atoms with Gasteiger partial charge in [-0.2, -0.15) is 4.98 Å². The molecule has 37 heavy (non-hydrogen) atoms. The summed E-state index contributed by atoms with van der Waals surface area (Å²) in [7, 11) is 4.57. The molecule has 0 bridgehead atoms. The summed E-state index contributed by atoms with van der Waals surface area (Å²) < 4.78 is 20.9. The summed E-state index contributed by atoms with van der Waals surface area (Å²) in [6.07, 6.45) is 1.59. The van der Waals surface area contributed by atoms with E-state index in [1.54, 1.807) is 49.6 Å². The normalized spacial score (nSPS) is 11.1. The smallest absolute Gasteiger partial charge is 0.268 e. The van der Waals surface area contributed by atoms with Crippen LogP contribution in [0.1, 0.15) is 21.1 Å². The molecule has 0 aliphatic heterocycles. The zero-order valence-electron chi connectivity index (χ0n) is 20.3. The Bertz CT molecular complexity index is 1400. The van der Waals surface area contributed by atoms with Gasteiger partial charge in [0.2, 0.25) is 11.7 Å². The van der Waals surface area contributed by atoms with E-state index in [1.165, 1.54) is 31.6 Å². The van der Waals surface area contributed by atoms with E-state index in [-0.39, 0.29) is 18.1 Å². The third-order valence-corrected chi connectivity index (χ3v) is 6.00. The van der Waals surface area contributed by atoms with Gasteiger partial charge in [0.25, 0.3) is 11.8 Å². The number of carbonyl (C=O) groups excluding carboxylic acids is 2. The lowest BCUT2D eigenvalue weighted by molar-refractivity contribution is -0.118. The van der Waals surface area contributed by atoms with Crippen LogP contribution < -0.4 is 24.8 Å². The maximum atomic E-state index is 13.0. The molecule has 0 saturated heterocycles. The molecule has 0 spiro atoms. The van der Waals surface area contributed by atoms with E-state index in [1.807, 2.05) is 17.5 Å². The van der Waals surface area contributed by atoms with Crippen LogP contribution in [0.25, 0.3) is 17.5 Å². The Morgan fingerprint density at radius 3 is 2.46 bits per heavy atom. The van der Waals surface area contributed by atoms with Crippen molar-refractivity contribution in [2.24, 2.45) is 0 Å². The number of thiophene rings is 1. The number of hydrogen-bond acceptors (Lipinski definition) is 9. The number of carbonyl (C=O) groups is 2. The molecule has 0 radical (unpaired) electrons. The van der Waals surface area contributed by atoms with E-state index in [4.69, 9.17) is 18.7 Å². The van der Waals surface area contributed by atoms with E-state index in [2.05, 4.69) is 20.8 Å². The minimum atomic E-state index is -0.522. The molecule has 11 heteroatoms.